The number of carbonyl (C=O) groups is 2. The molecule has 1 aromatic heterocycles. The Morgan fingerprint density at radius 2 is 2.07 bits per heavy atom. The van der Waals surface area contributed by atoms with Gasteiger partial charge in [0.05, 0.1) is 6.54 Å². The molecule has 0 unspecified atom stereocenters. The summed E-state index contributed by atoms with van der Waals surface area (Å²) in [6.45, 7) is 1.36. The number of hydrogen-bond donors (Lipinski definition) is 3. The molecule has 1 aromatic carbocycles. The molecular weight excluding hydrogens is 402 g/mol. The van der Waals surface area contributed by atoms with E-state index in [1.807, 2.05) is 0 Å². The van der Waals surface area contributed by atoms with E-state index in [0.717, 1.165) is 20.5 Å². The van der Waals surface area contributed by atoms with Crippen LogP contribution in [0.2, 0.25) is 0 Å². The minimum absolute atomic E-state index is 0.164. The van der Waals surface area contributed by atoms with Gasteiger partial charge < -0.3 is 16.0 Å². The molecule has 0 atom stereocenters. The molecule has 3 rings (SSSR count). The lowest BCUT2D eigenvalue weighted by Crippen LogP contribution is -2.29. The maximum absolute atomic E-state index is 12.2. The Bertz CT molecular complexity index is 987. The van der Waals surface area contributed by atoms with Crippen LogP contribution in [0, 0.1) is 0 Å². The maximum atomic E-state index is 12.2. The zero-order chi connectivity index (χ0) is 20.3. The van der Waals surface area contributed by atoms with E-state index in [9.17, 15) is 18.0 Å². The van der Waals surface area contributed by atoms with Gasteiger partial charge in [-0.05, 0) is 30.3 Å². The quantitative estimate of drug-likeness (QED) is 0.658. The van der Waals surface area contributed by atoms with E-state index in [-0.39, 0.29) is 16.8 Å². The van der Waals surface area contributed by atoms with Crippen LogP contribution in [0.15, 0.2) is 40.6 Å². The lowest BCUT2D eigenvalue weighted by molar-refractivity contribution is 0.251. The number of hydrogen-bond acceptors (Lipinski definition) is 5. The highest BCUT2D eigenvalue weighted by Gasteiger charge is 2.21. The SMILES string of the molecule is CN(C)S(=O)(=O)c1ccc(CNC(=O)Nc2cccc(N3CCNC3=O)c2)s1. The summed E-state index contributed by atoms with van der Waals surface area (Å²) < 4.78 is 25.6. The molecule has 2 heterocycles. The fourth-order valence-electron chi connectivity index (χ4n) is 2.58. The molecule has 3 N–H and O–H groups in total. The lowest BCUT2D eigenvalue weighted by Gasteiger charge is -2.15. The highest BCUT2D eigenvalue weighted by atomic mass is 32.2. The summed E-state index contributed by atoms with van der Waals surface area (Å²) in [5, 5.41) is 8.14. The Kier molecular flexibility index (Phi) is 5.87. The number of sulfonamides is 1. The Labute approximate surface area is 167 Å². The van der Waals surface area contributed by atoms with E-state index in [2.05, 4.69) is 16.0 Å². The van der Waals surface area contributed by atoms with E-state index in [4.69, 9.17) is 0 Å². The van der Waals surface area contributed by atoms with Crippen LogP contribution in [0.5, 0.6) is 0 Å². The second-order valence-corrected chi connectivity index (χ2v) is 9.80. The number of amides is 4. The van der Waals surface area contributed by atoms with Crippen molar-refractivity contribution in [1.29, 1.82) is 0 Å². The number of rotatable bonds is 6. The third-order valence-electron chi connectivity index (χ3n) is 4.07. The van der Waals surface area contributed by atoms with Crippen molar-refractivity contribution in [2.24, 2.45) is 0 Å². The molecule has 2 aromatic rings. The number of benzene rings is 1. The van der Waals surface area contributed by atoms with Gasteiger partial charge in [0.25, 0.3) is 10.0 Å². The molecule has 0 bridgehead atoms. The zero-order valence-electron chi connectivity index (χ0n) is 15.4. The Hall–Kier alpha value is -2.63. The largest absolute Gasteiger partial charge is 0.336 e. The standard InChI is InChI=1S/C17H21N5O4S2/c1-21(2)28(25,26)15-7-6-14(27-15)11-19-16(23)20-12-4-3-5-13(10-12)22-9-8-18-17(22)24/h3-7,10H,8-9,11H2,1-2H3,(H,18,24)(H2,19,20,23). The Balaban J connectivity index is 1.58. The fourth-order valence-corrected chi connectivity index (χ4v) is 5.05. The molecule has 0 spiro atoms. The molecule has 4 amide bonds. The predicted molar refractivity (Wildman–Crippen MR) is 108 cm³/mol. The fraction of sp³-hybridized carbons (Fsp3) is 0.294. The van der Waals surface area contributed by atoms with E-state index in [1.165, 1.54) is 20.2 Å². The van der Waals surface area contributed by atoms with Gasteiger partial charge in [0.2, 0.25) is 0 Å². The molecule has 150 valence electrons. The van der Waals surface area contributed by atoms with Gasteiger partial charge in [0.15, 0.2) is 0 Å². The van der Waals surface area contributed by atoms with Crippen molar-refractivity contribution < 1.29 is 18.0 Å². The van der Waals surface area contributed by atoms with Crippen molar-refractivity contribution in [3.63, 3.8) is 0 Å². The second-order valence-electron chi connectivity index (χ2n) is 6.25. The van der Waals surface area contributed by atoms with E-state index < -0.39 is 16.1 Å². The topological polar surface area (TPSA) is 111 Å². The van der Waals surface area contributed by atoms with Crippen molar-refractivity contribution in [2.45, 2.75) is 10.8 Å². The van der Waals surface area contributed by atoms with Crippen LogP contribution in [0.1, 0.15) is 4.88 Å². The van der Waals surface area contributed by atoms with Crippen LogP contribution in [-0.2, 0) is 16.6 Å². The minimum Gasteiger partial charge on any atom is -0.336 e. The normalized spacial score (nSPS) is 14.2. The monoisotopic (exact) mass is 423 g/mol. The first-order valence-corrected chi connectivity index (χ1v) is 10.7. The van der Waals surface area contributed by atoms with E-state index in [1.54, 1.807) is 35.2 Å². The number of nitrogens with zero attached hydrogens (tertiary/aromatic N) is 2. The molecule has 1 aliphatic heterocycles. The van der Waals surface area contributed by atoms with Crippen LogP contribution < -0.4 is 20.9 Å². The molecular formula is C17H21N5O4S2. The smallest absolute Gasteiger partial charge is 0.321 e. The first-order chi connectivity index (χ1) is 13.3. The van der Waals surface area contributed by atoms with Gasteiger partial charge in [-0.1, -0.05) is 6.07 Å². The first-order valence-electron chi connectivity index (χ1n) is 8.49. The Morgan fingerprint density at radius 1 is 1.29 bits per heavy atom. The van der Waals surface area contributed by atoms with E-state index in [0.29, 0.717) is 24.5 Å². The van der Waals surface area contributed by atoms with Crippen molar-refractivity contribution in [1.82, 2.24) is 14.9 Å². The predicted octanol–water partition coefficient (Wildman–Crippen LogP) is 1.85. The summed E-state index contributed by atoms with van der Waals surface area (Å²) in [5.74, 6) is 0. The van der Waals surface area contributed by atoms with Crippen LogP contribution in [0.3, 0.4) is 0 Å². The van der Waals surface area contributed by atoms with Crippen LogP contribution >= 0.6 is 11.3 Å². The molecule has 0 saturated carbocycles. The average molecular weight is 424 g/mol. The summed E-state index contributed by atoms with van der Waals surface area (Å²) in [6, 6.07) is 9.62. The number of thiophene rings is 1. The van der Waals surface area contributed by atoms with Crippen LogP contribution in [0.25, 0.3) is 0 Å². The van der Waals surface area contributed by atoms with Gasteiger partial charge in [0.1, 0.15) is 4.21 Å². The van der Waals surface area contributed by atoms with Gasteiger partial charge in [-0.2, -0.15) is 0 Å². The molecule has 1 aliphatic rings. The lowest BCUT2D eigenvalue weighted by atomic mass is 10.2. The average Bonchev–Trinajstić information content (AvgIpc) is 3.29. The van der Waals surface area contributed by atoms with Crippen LogP contribution in [0.4, 0.5) is 21.0 Å². The summed E-state index contributed by atoms with van der Waals surface area (Å²) >= 11 is 1.11. The number of carbonyl (C=O) groups excluding carboxylic acids is 2. The zero-order valence-corrected chi connectivity index (χ0v) is 17.1. The minimum atomic E-state index is -3.47. The van der Waals surface area contributed by atoms with Gasteiger partial charge in [-0.15, -0.1) is 11.3 Å². The molecule has 0 radical (unpaired) electrons. The van der Waals surface area contributed by atoms with Crippen LogP contribution in [-0.4, -0.2) is 52.0 Å². The van der Waals surface area contributed by atoms with Crippen molar-refractivity contribution in [3.8, 4) is 0 Å². The van der Waals surface area contributed by atoms with Crippen molar-refractivity contribution in [3.05, 3.63) is 41.3 Å². The van der Waals surface area contributed by atoms with E-state index >= 15 is 0 Å². The van der Waals surface area contributed by atoms with Gasteiger partial charge >= 0.3 is 12.1 Å². The summed E-state index contributed by atoms with van der Waals surface area (Å²) in [7, 11) is -0.529. The Morgan fingerprint density at radius 3 is 2.75 bits per heavy atom. The van der Waals surface area contributed by atoms with Crippen molar-refractivity contribution in [2.75, 3.05) is 37.4 Å². The maximum Gasteiger partial charge on any atom is 0.321 e. The molecule has 9 nitrogen and oxygen atoms in total. The second kappa shape index (κ2) is 8.17. The molecule has 11 heteroatoms. The van der Waals surface area contributed by atoms with Gasteiger partial charge in [-0.25, -0.2) is 22.3 Å². The first kappa shape index (κ1) is 20.1. The summed E-state index contributed by atoms with van der Waals surface area (Å²) in [4.78, 5) is 26.2. The third kappa shape index (κ3) is 4.43. The number of urea groups is 2. The molecule has 1 fully saturated rings. The van der Waals surface area contributed by atoms with Gasteiger partial charge in [-0.3, -0.25) is 4.90 Å². The third-order valence-corrected chi connectivity index (χ3v) is 7.44. The van der Waals surface area contributed by atoms with Gasteiger partial charge in [0, 0.05) is 43.4 Å². The summed E-state index contributed by atoms with van der Waals surface area (Å²) in [6.07, 6.45) is 0. The highest BCUT2D eigenvalue weighted by molar-refractivity contribution is 7.91. The molecule has 28 heavy (non-hydrogen) atoms. The number of nitrogens with one attached hydrogen (secondary N) is 3. The van der Waals surface area contributed by atoms with Crippen molar-refractivity contribution >= 4 is 44.8 Å². The summed E-state index contributed by atoms with van der Waals surface area (Å²) in [5.41, 5.74) is 1.25. The number of anilines is 2. The highest BCUT2D eigenvalue weighted by Crippen LogP contribution is 2.24. The molecule has 0 aliphatic carbocycles. The molecule has 1 saturated heterocycles.